The van der Waals surface area contributed by atoms with Crippen LogP contribution in [0.2, 0.25) is 0 Å². The van der Waals surface area contributed by atoms with Crippen molar-refractivity contribution in [2.75, 3.05) is 49.1 Å². The summed E-state index contributed by atoms with van der Waals surface area (Å²) in [6.07, 6.45) is 2.11. The number of hydrogen-bond acceptors (Lipinski definition) is 9. The number of hydrogen-bond donors (Lipinski definition) is 5. The van der Waals surface area contributed by atoms with Crippen molar-refractivity contribution in [3.63, 3.8) is 0 Å². The third-order valence-electron chi connectivity index (χ3n) is 9.35. The number of aromatic hydroxyl groups is 2. The Morgan fingerprint density at radius 3 is 1.56 bits per heavy atom. The first-order valence-electron chi connectivity index (χ1n) is 18.3. The van der Waals surface area contributed by atoms with E-state index in [1.165, 1.54) is 0 Å². The van der Waals surface area contributed by atoms with E-state index in [1.807, 2.05) is 33.8 Å². The van der Waals surface area contributed by atoms with Gasteiger partial charge in [0.2, 0.25) is 0 Å². The molecule has 4 aromatic rings. The molecule has 0 aromatic heterocycles. The van der Waals surface area contributed by atoms with E-state index < -0.39 is 12.0 Å². The number of carbonyl (C=O) groups excluding carboxylic acids is 3. The van der Waals surface area contributed by atoms with Crippen LogP contribution in [-0.4, -0.2) is 72.1 Å². The van der Waals surface area contributed by atoms with Crippen LogP contribution in [-0.2, 0) is 0 Å². The van der Waals surface area contributed by atoms with Gasteiger partial charge in [-0.15, -0.1) is 0 Å². The number of anilines is 2. The topological polar surface area (TPSA) is 142 Å². The van der Waals surface area contributed by atoms with Crippen molar-refractivity contribution >= 4 is 28.8 Å². The molecule has 0 aliphatic carbocycles. The first-order chi connectivity index (χ1) is 25.1. The molecule has 0 fully saturated rings. The van der Waals surface area contributed by atoms with Gasteiger partial charge in [-0.2, -0.15) is 0 Å². The number of ketones is 2. The number of nitrogens with zero attached hydrogens (tertiary/aromatic N) is 2. The fraction of sp³-hybridized carbons (Fsp3) is 0.357. The molecule has 0 bridgehead atoms. The van der Waals surface area contributed by atoms with Crippen LogP contribution in [0.3, 0.4) is 0 Å². The fourth-order valence-corrected chi connectivity index (χ4v) is 6.36. The highest BCUT2D eigenvalue weighted by atomic mass is 16.3. The number of phenols is 2. The number of nitrogens with one attached hydrogen (secondary N) is 2. The highest BCUT2D eigenvalue weighted by Gasteiger charge is 2.22. The molecule has 0 aliphatic rings. The molecule has 10 heteroatoms. The van der Waals surface area contributed by atoms with Crippen molar-refractivity contribution in [2.24, 2.45) is 0 Å². The summed E-state index contributed by atoms with van der Waals surface area (Å²) in [5.41, 5.74) is 3.22. The van der Waals surface area contributed by atoms with Crippen LogP contribution in [0, 0.1) is 0 Å². The number of rotatable bonds is 20. The van der Waals surface area contributed by atoms with Crippen LogP contribution >= 0.6 is 0 Å². The van der Waals surface area contributed by atoms with Crippen molar-refractivity contribution in [1.29, 1.82) is 0 Å². The molecule has 0 saturated heterocycles. The van der Waals surface area contributed by atoms with Crippen LogP contribution in [0.4, 0.5) is 11.4 Å². The number of aliphatic hydroxyl groups is 1. The van der Waals surface area contributed by atoms with Gasteiger partial charge in [0.25, 0.3) is 5.91 Å². The van der Waals surface area contributed by atoms with Crippen LogP contribution in [0.25, 0.3) is 0 Å². The minimum absolute atomic E-state index is 0.0995. The highest BCUT2D eigenvalue weighted by molar-refractivity contribution is 6.16. The summed E-state index contributed by atoms with van der Waals surface area (Å²) < 4.78 is 0. The lowest BCUT2D eigenvalue weighted by atomic mass is 9.96. The monoisotopic (exact) mass is 708 g/mol. The van der Waals surface area contributed by atoms with E-state index in [0.29, 0.717) is 24.2 Å². The molecule has 5 N–H and O–H groups in total. The van der Waals surface area contributed by atoms with Crippen molar-refractivity contribution in [3.05, 3.63) is 118 Å². The second-order valence-corrected chi connectivity index (χ2v) is 12.6. The zero-order chi connectivity index (χ0) is 37.6. The molecule has 0 radical (unpaired) electrons. The average Bonchev–Trinajstić information content (AvgIpc) is 3.16. The molecule has 0 saturated carbocycles. The predicted molar refractivity (Wildman–Crippen MR) is 207 cm³/mol. The van der Waals surface area contributed by atoms with Gasteiger partial charge >= 0.3 is 0 Å². The van der Waals surface area contributed by atoms with E-state index in [9.17, 15) is 29.7 Å². The van der Waals surface area contributed by atoms with Gasteiger partial charge in [0.05, 0.1) is 16.7 Å². The predicted octanol–water partition coefficient (Wildman–Crippen LogP) is 6.82. The molecule has 4 rings (SSSR count). The standard InChI is InChI=1S/C42H52N4O6/c1-5-45(6-2)29-21-23-35(37(47)27-29)39(49)31-17-11-13-19-33(31)41(51)43-25-15-9-10-16-26-44-42(52)34-20-14-12-18-32(34)40(50)36-24-22-30(28-38(36)48)46(7-3)8-4/h11-14,17-24,27-28,41,43,47-48,51H,5-10,15-16,25-26H2,1-4H3,(H,44,52). The quantitative estimate of drug-likeness (QED) is 0.0380. The van der Waals surface area contributed by atoms with Crippen LogP contribution in [0.15, 0.2) is 84.9 Å². The maximum absolute atomic E-state index is 13.4. The number of aliphatic hydroxyl groups excluding tert-OH is 1. The van der Waals surface area contributed by atoms with E-state index in [4.69, 9.17) is 0 Å². The molecule has 0 spiro atoms. The van der Waals surface area contributed by atoms with Crippen molar-refractivity contribution in [1.82, 2.24) is 10.6 Å². The van der Waals surface area contributed by atoms with Gasteiger partial charge in [-0.05, 0) is 77.4 Å². The molecule has 1 atom stereocenters. The molecule has 10 nitrogen and oxygen atoms in total. The van der Waals surface area contributed by atoms with E-state index in [2.05, 4.69) is 20.4 Å². The minimum Gasteiger partial charge on any atom is -0.507 e. The molecule has 1 unspecified atom stereocenters. The van der Waals surface area contributed by atoms with E-state index in [0.717, 1.165) is 63.2 Å². The Bertz CT molecular complexity index is 1820. The number of carbonyl (C=O) groups is 3. The molecular formula is C42H52N4O6. The summed E-state index contributed by atoms with van der Waals surface area (Å²) in [7, 11) is 0. The number of benzene rings is 4. The Hall–Kier alpha value is -5.19. The number of unbranched alkanes of at least 4 members (excludes halogenated alkanes) is 3. The number of amides is 1. The Morgan fingerprint density at radius 1 is 0.577 bits per heavy atom. The summed E-state index contributed by atoms with van der Waals surface area (Å²) in [4.78, 5) is 44.1. The second-order valence-electron chi connectivity index (χ2n) is 12.6. The first kappa shape index (κ1) is 39.6. The van der Waals surface area contributed by atoms with E-state index in [1.54, 1.807) is 78.9 Å². The van der Waals surface area contributed by atoms with Crippen LogP contribution < -0.4 is 20.4 Å². The van der Waals surface area contributed by atoms with E-state index >= 15 is 0 Å². The molecule has 4 aromatic carbocycles. The zero-order valence-electron chi connectivity index (χ0n) is 30.7. The van der Waals surface area contributed by atoms with Gasteiger partial charge in [-0.1, -0.05) is 55.3 Å². The third kappa shape index (κ3) is 9.77. The zero-order valence-corrected chi connectivity index (χ0v) is 30.7. The SMILES string of the molecule is CCN(CC)c1ccc(C(=O)c2ccccc2C(=O)NCCCCCCNC(O)c2ccccc2C(=O)c2ccc(N(CC)CC)cc2O)c(O)c1. The normalized spacial score (nSPS) is 11.6. The molecule has 276 valence electrons. The first-order valence-corrected chi connectivity index (χ1v) is 18.3. The largest absolute Gasteiger partial charge is 0.507 e. The molecule has 1 amide bonds. The Kier molecular flexibility index (Phi) is 14.8. The van der Waals surface area contributed by atoms with Gasteiger partial charge in [0.15, 0.2) is 11.6 Å². The molecule has 0 heterocycles. The lowest BCUT2D eigenvalue weighted by Gasteiger charge is -2.22. The lowest BCUT2D eigenvalue weighted by molar-refractivity contribution is 0.0940. The molecule has 0 aliphatic heterocycles. The summed E-state index contributed by atoms with van der Waals surface area (Å²) in [6, 6.07) is 23.5. The average molecular weight is 709 g/mol. The summed E-state index contributed by atoms with van der Waals surface area (Å²) in [6.45, 7) is 12.1. The summed E-state index contributed by atoms with van der Waals surface area (Å²) in [5.74, 6) is -1.36. The van der Waals surface area contributed by atoms with Gasteiger partial charge in [0, 0.05) is 72.9 Å². The Labute approximate surface area is 307 Å². The smallest absolute Gasteiger partial charge is 0.252 e. The van der Waals surface area contributed by atoms with Gasteiger partial charge in [-0.3, -0.25) is 19.7 Å². The fourth-order valence-electron chi connectivity index (χ4n) is 6.36. The van der Waals surface area contributed by atoms with Gasteiger partial charge < -0.3 is 30.4 Å². The summed E-state index contributed by atoms with van der Waals surface area (Å²) in [5, 5.41) is 38.3. The molecular weight excluding hydrogens is 656 g/mol. The second kappa shape index (κ2) is 19.4. The highest BCUT2D eigenvalue weighted by Crippen LogP contribution is 2.30. The maximum Gasteiger partial charge on any atom is 0.252 e. The van der Waals surface area contributed by atoms with Crippen LogP contribution in [0.1, 0.15) is 107 Å². The number of phenolic OH excluding ortho intramolecular Hbond substituents is 2. The van der Waals surface area contributed by atoms with Crippen molar-refractivity contribution < 1.29 is 29.7 Å². The lowest BCUT2D eigenvalue weighted by Crippen LogP contribution is -2.26. The Morgan fingerprint density at radius 2 is 1.04 bits per heavy atom. The summed E-state index contributed by atoms with van der Waals surface area (Å²) >= 11 is 0. The molecule has 52 heavy (non-hydrogen) atoms. The van der Waals surface area contributed by atoms with Gasteiger partial charge in [0.1, 0.15) is 17.7 Å². The van der Waals surface area contributed by atoms with Crippen LogP contribution in [0.5, 0.6) is 11.5 Å². The maximum atomic E-state index is 13.4. The third-order valence-corrected chi connectivity index (χ3v) is 9.35. The van der Waals surface area contributed by atoms with E-state index in [-0.39, 0.29) is 45.4 Å². The minimum atomic E-state index is -1.07. The van der Waals surface area contributed by atoms with Crippen molar-refractivity contribution in [2.45, 2.75) is 59.6 Å². The van der Waals surface area contributed by atoms with Gasteiger partial charge in [-0.25, -0.2) is 0 Å². The Balaban J connectivity index is 1.24. The van der Waals surface area contributed by atoms with Crippen molar-refractivity contribution in [3.8, 4) is 11.5 Å².